The Balaban J connectivity index is 1.39. The number of aromatic nitrogens is 2. The summed E-state index contributed by atoms with van der Waals surface area (Å²) in [5, 5.41) is 7.44. The van der Waals surface area contributed by atoms with Crippen molar-refractivity contribution < 1.29 is 14.3 Å². The van der Waals surface area contributed by atoms with E-state index in [2.05, 4.69) is 10.4 Å². The van der Waals surface area contributed by atoms with E-state index >= 15 is 0 Å². The highest BCUT2D eigenvalue weighted by Gasteiger charge is 2.16. The second-order valence-electron chi connectivity index (χ2n) is 6.83. The Morgan fingerprint density at radius 2 is 1.93 bits per heavy atom. The number of rotatable bonds is 6. The van der Waals surface area contributed by atoms with Gasteiger partial charge in [-0.2, -0.15) is 5.10 Å². The third kappa shape index (κ3) is 3.99. The van der Waals surface area contributed by atoms with E-state index in [1.54, 1.807) is 4.68 Å². The standard InChI is InChI=1S/C21H22N4O3/c1-15-10-20(25(23-15)17-6-4-3-5-7-17)22-21(26)13-24(2)12-16-8-9-18-19(11-16)28-14-27-18/h3-11H,12-14H2,1-2H3,(H,22,26). The highest BCUT2D eigenvalue weighted by Crippen LogP contribution is 2.32. The summed E-state index contributed by atoms with van der Waals surface area (Å²) in [5.41, 5.74) is 2.80. The molecular formula is C21H22N4O3. The van der Waals surface area contributed by atoms with Gasteiger partial charge in [0, 0.05) is 12.6 Å². The Labute approximate surface area is 163 Å². The molecule has 0 atom stereocenters. The lowest BCUT2D eigenvalue weighted by Crippen LogP contribution is -2.30. The van der Waals surface area contributed by atoms with E-state index in [0.29, 0.717) is 12.4 Å². The van der Waals surface area contributed by atoms with Gasteiger partial charge < -0.3 is 14.8 Å². The van der Waals surface area contributed by atoms with Gasteiger partial charge in [0.1, 0.15) is 5.82 Å². The van der Waals surface area contributed by atoms with Crippen LogP contribution in [-0.2, 0) is 11.3 Å². The van der Waals surface area contributed by atoms with E-state index < -0.39 is 0 Å². The molecule has 0 spiro atoms. The number of anilines is 1. The predicted octanol–water partition coefficient (Wildman–Crippen LogP) is 2.98. The second kappa shape index (κ2) is 7.74. The monoisotopic (exact) mass is 378 g/mol. The number of hydrogen-bond donors (Lipinski definition) is 1. The molecule has 1 amide bonds. The average molecular weight is 378 g/mol. The lowest BCUT2D eigenvalue weighted by atomic mass is 10.2. The number of ether oxygens (including phenoxy) is 2. The van der Waals surface area contributed by atoms with Crippen molar-refractivity contribution in [1.29, 1.82) is 0 Å². The highest BCUT2D eigenvalue weighted by molar-refractivity contribution is 5.91. The molecule has 2 aromatic carbocycles. The lowest BCUT2D eigenvalue weighted by Gasteiger charge is -2.17. The first-order chi connectivity index (χ1) is 13.6. The van der Waals surface area contributed by atoms with Crippen molar-refractivity contribution in [3.63, 3.8) is 0 Å². The fourth-order valence-corrected chi connectivity index (χ4v) is 3.19. The topological polar surface area (TPSA) is 68.6 Å². The van der Waals surface area contributed by atoms with Gasteiger partial charge in [-0.05, 0) is 43.8 Å². The maximum absolute atomic E-state index is 12.6. The van der Waals surface area contributed by atoms with Gasteiger partial charge in [-0.25, -0.2) is 4.68 Å². The van der Waals surface area contributed by atoms with Crippen LogP contribution in [0.5, 0.6) is 11.5 Å². The number of amides is 1. The zero-order chi connectivity index (χ0) is 19.5. The molecule has 0 fully saturated rings. The summed E-state index contributed by atoms with van der Waals surface area (Å²) < 4.78 is 12.5. The first kappa shape index (κ1) is 18.1. The molecule has 4 rings (SSSR count). The zero-order valence-corrected chi connectivity index (χ0v) is 15.9. The molecule has 0 aliphatic carbocycles. The number of likely N-dealkylation sites (N-methyl/N-ethyl adjacent to an activating group) is 1. The fraction of sp³-hybridized carbons (Fsp3) is 0.238. The van der Waals surface area contributed by atoms with Crippen LogP contribution in [0.15, 0.2) is 54.6 Å². The number of benzene rings is 2. The second-order valence-corrected chi connectivity index (χ2v) is 6.83. The first-order valence-electron chi connectivity index (χ1n) is 9.07. The van der Waals surface area contributed by atoms with Crippen LogP contribution in [0.4, 0.5) is 5.82 Å². The van der Waals surface area contributed by atoms with Gasteiger partial charge in [0.15, 0.2) is 11.5 Å². The summed E-state index contributed by atoms with van der Waals surface area (Å²) in [6.07, 6.45) is 0. The Morgan fingerprint density at radius 3 is 2.75 bits per heavy atom. The molecule has 0 unspecified atom stereocenters. The van der Waals surface area contributed by atoms with E-state index in [-0.39, 0.29) is 19.2 Å². The summed E-state index contributed by atoms with van der Waals surface area (Å²) in [6, 6.07) is 17.4. The predicted molar refractivity (Wildman–Crippen MR) is 106 cm³/mol. The van der Waals surface area contributed by atoms with Crippen LogP contribution in [0.3, 0.4) is 0 Å². The van der Waals surface area contributed by atoms with Gasteiger partial charge in [0.05, 0.1) is 17.9 Å². The van der Waals surface area contributed by atoms with Crippen LogP contribution in [0, 0.1) is 6.92 Å². The molecule has 1 aromatic heterocycles. The highest BCUT2D eigenvalue weighted by atomic mass is 16.7. The van der Waals surface area contributed by atoms with E-state index in [0.717, 1.165) is 28.4 Å². The molecule has 0 saturated heterocycles. The first-order valence-corrected chi connectivity index (χ1v) is 9.07. The Morgan fingerprint density at radius 1 is 1.14 bits per heavy atom. The van der Waals surface area contributed by atoms with Crippen LogP contribution < -0.4 is 14.8 Å². The summed E-state index contributed by atoms with van der Waals surface area (Å²) in [6.45, 7) is 3.04. The van der Waals surface area contributed by atoms with Crippen molar-refractivity contribution in [2.45, 2.75) is 13.5 Å². The van der Waals surface area contributed by atoms with Gasteiger partial charge in [0.2, 0.25) is 12.7 Å². The van der Waals surface area contributed by atoms with Gasteiger partial charge in [-0.3, -0.25) is 9.69 Å². The van der Waals surface area contributed by atoms with Crippen molar-refractivity contribution in [2.24, 2.45) is 0 Å². The summed E-state index contributed by atoms with van der Waals surface area (Å²) in [5.74, 6) is 2.07. The van der Waals surface area contributed by atoms with Gasteiger partial charge in [0.25, 0.3) is 0 Å². The number of carbonyl (C=O) groups excluding carboxylic acids is 1. The number of para-hydroxylation sites is 1. The molecule has 144 valence electrons. The number of aryl methyl sites for hydroxylation is 1. The van der Waals surface area contributed by atoms with E-state index in [4.69, 9.17) is 9.47 Å². The molecule has 0 saturated carbocycles. The Hall–Kier alpha value is -3.32. The van der Waals surface area contributed by atoms with E-state index in [1.165, 1.54) is 0 Å². The third-order valence-corrected chi connectivity index (χ3v) is 4.40. The molecule has 7 nitrogen and oxygen atoms in total. The maximum Gasteiger partial charge on any atom is 0.239 e. The fourth-order valence-electron chi connectivity index (χ4n) is 3.19. The molecule has 1 N–H and O–H groups in total. The Bertz CT molecular complexity index is 985. The smallest absolute Gasteiger partial charge is 0.239 e. The molecule has 0 bridgehead atoms. The number of hydrogen-bond acceptors (Lipinski definition) is 5. The van der Waals surface area contributed by atoms with Gasteiger partial charge in [-0.15, -0.1) is 0 Å². The van der Waals surface area contributed by atoms with Gasteiger partial charge >= 0.3 is 0 Å². The van der Waals surface area contributed by atoms with Crippen molar-refractivity contribution in [3.05, 3.63) is 65.9 Å². The molecule has 7 heteroatoms. The van der Waals surface area contributed by atoms with E-state index in [9.17, 15) is 4.79 Å². The molecule has 1 aliphatic rings. The average Bonchev–Trinajstić information content (AvgIpc) is 3.28. The zero-order valence-electron chi connectivity index (χ0n) is 15.9. The SMILES string of the molecule is Cc1cc(NC(=O)CN(C)Cc2ccc3c(c2)OCO3)n(-c2ccccc2)n1. The Kier molecular flexibility index (Phi) is 4.99. The largest absolute Gasteiger partial charge is 0.454 e. The molecule has 3 aromatic rings. The van der Waals surface area contributed by atoms with Gasteiger partial charge in [-0.1, -0.05) is 24.3 Å². The number of nitrogens with zero attached hydrogens (tertiary/aromatic N) is 3. The summed E-state index contributed by atoms with van der Waals surface area (Å²) in [7, 11) is 1.91. The van der Waals surface area contributed by atoms with Crippen molar-refractivity contribution in [2.75, 3.05) is 25.7 Å². The normalized spacial score (nSPS) is 12.4. The number of fused-ring (bicyclic) bond motifs is 1. The molecule has 2 heterocycles. The molecule has 1 aliphatic heterocycles. The minimum atomic E-state index is -0.0969. The van der Waals surface area contributed by atoms with Crippen molar-refractivity contribution in [1.82, 2.24) is 14.7 Å². The van der Waals surface area contributed by atoms with Crippen LogP contribution in [0.2, 0.25) is 0 Å². The summed E-state index contributed by atoms with van der Waals surface area (Å²) in [4.78, 5) is 14.5. The van der Waals surface area contributed by atoms with Crippen molar-refractivity contribution in [3.8, 4) is 17.2 Å². The van der Waals surface area contributed by atoms with Crippen molar-refractivity contribution >= 4 is 11.7 Å². The number of nitrogens with one attached hydrogen (secondary N) is 1. The third-order valence-electron chi connectivity index (χ3n) is 4.40. The molecule has 0 radical (unpaired) electrons. The van der Waals surface area contributed by atoms with Crippen LogP contribution >= 0.6 is 0 Å². The van der Waals surface area contributed by atoms with Crippen LogP contribution in [0.1, 0.15) is 11.3 Å². The summed E-state index contributed by atoms with van der Waals surface area (Å²) >= 11 is 0. The quantitative estimate of drug-likeness (QED) is 0.714. The van der Waals surface area contributed by atoms with E-state index in [1.807, 2.05) is 73.5 Å². The molecular weight excluding hydrogens is 356 g/mol. The van der Waals surface area contributed by atoms with Crippen LogP contribution in [-0.4, -0.2) is 41.0 Å². The minimum absolute atomic E-state index is 0.0969. The number of carbonyl (C=O) groups is 1. The van der Waals surface area contributed by atoms with Crippen LogP contribution in [0.25, 0.3) is 5.69 Å². The maximum atomic E-state index is 12.6. The minimum Gasteiger partial charge on any atom is -0.454 e. The lowest BCUT2D eigenvalue weighted by molar-refractivity contribution is -0.117. The molecule has 28 heavy (non-hydrogen) atoms.